The third-order valence-electron chi connectivity index (χ3n) is 3.40. The summed E-state index contributed by atoms with van der Waals surface area (Å²) in [5.41, 5.74) is -2.74. The Bertz CT molecular complexity index is 945. The van der Waals surface area contributed by atoms with Crippen LogP contribution < -0.4 is 10.0 Å². The highest BCUT2D eigenvalue weighted by Crippen LogP contribution is 2.30. The van der Waals surface area contributed by atoms with Crippen molar-refractivity contribution < 1.29 is 26.4 Å². The smallest absolute Gasteiger partial charge is 0.325 e. The van der Waals surface area contributed by atoms with Crippen LogP contribution in [-0.2, 0) is 14.8 Å². The lowest BCUT2D eigenvalue weighted by molar-refractivity contribution is -0.114. The van der Waals surface area contributed by atoms with E-state index in [0.717, 1.165) is 5.56 Å². The summed E-state index contributed by atoms with van der Waals surface area (Å²) in [6.07, 6.45) is 0. The van der Waals surface area contributed by atoms with Gasteiger partial charge in [-0.1, -0.05) is 18.2 Å². The van der Waals surface area contributed by atoms with E-state index in [2.05, 4.69) is 10.0 Å². The fourth-order valence-corrected chi connectivity index (χ4v) is 3.92. The molecule has 0 atom stereocenters. The van der Waals surface area contributed by atoms with E-state index in [1.165, 1.54) is 18.2 Å². The van der Waals surface area contributed by atoms with Gasteiger partial charge in [0.25, 0.3) is 10.0 Å². The summed E-state index contributed by atoms with van der Waals surface area (Å²) in [6.45, 7) is 3.40. The number of nitrogens with one attached hydrogen (secondary N) is 2. The second-order valence-electron chi connectivity index (χ2n) is 5.74. The minimum Gasteiger partial charge on any atom is -0.325 e. The molecule has 0 radical (unpaired) electrons. The van der Waals surface area contributed by atoms with Gasteiger partial charge in [-0.15, -0.1) is 0 Å². The number of hydrogen-bond donors (Lipinski definition) is 2. The molecule has 146 valence electrons. The molecule has 0 aromatic heterocycles. The van der Waals surface area contributed by atoms with Crippen LogP contribution >= 0.6 is 11.8 Å². The maximum atomic E-state index is 12.7. The number of alkyl halides is 3. The number of thioether (sulfide) groups is 1. The average Bonchev–Trinajstić information content (AvgIpc) is 2.53. The van der Waals surface area contributed by atoms with Crippen LogP contribution in [-0.4, -0.2) is 25.6 Å². The Labute approximate surface area is 159 Å². The molecule has 2 N–H and O–H groups in total. The SMILES string of the molecule is Cc1cccc(NS(=O)(=O)c2cc(NC(=O)CSC(F)(F)F)ccc2C)c1. The van der Waals surface area contributed by atoms with Crippen molar-refractivity contribution in [3.63, 3.8) is 0 Å². The molecule has 0 bridgehead atoms. The summed E-state index contributed by atoms with van der Waals surface area (Å²) in [4.78, 5) is 11.6. The van der Waals surface area contributed by atoms with Gasteiger partial charge in [-0.05, 0) is 61.0 Å². The first-order valence-corrected chi connectivity index (χ1v) is 10.1. The Kier molecular flexibility index (Phi) is 6.42. The molecule has 0 aliphatic heterocycles. The highest BCUT2D eigenvalue weighted by molar-refractivity contribution is 8.00. The summed E-state index contributed by atoms with van der Waals surface area (Å²) in [6, 6.07) is 10.9. The van der Waals surface area contributed by atoms with E-state index in [1.807, 2.05) is 13.0 Å². The molecule has 10 heteroatoms. The molecule has 5 nitrogen and oxygen atoms in total. The minimum atomic E-state index is -4.52. The summed E-state index contributed by atoms with van der Waals surface area (Å²) < 4.78 is 64.2. The van der Waals surface area contributed by atoms with Crippen LogP contribution in [0.1, 0.15) is 11.1 Å². The average molecular weight is 418 g/mol. The fourth-order valence-electron chi connectivity index (χ4n) is 2.23. The van der Waals surface area contributed by atoms with E-state index in [0.29, 0.717) is 11.3 Å². The predicted molar refractivity (Wildman–Crippen MR) is 100 cm³/mol. The number of carbonyl (C=O) groups is 1. The van der Waals surface area contributed by atoms with Gasteiger partial charge in [0.1, 0.15) is 0 Å². The minimum absolute atomic E-state index is 0.0784. The van der Waals surface area contributed by atoms with Crippen LogP contribution in [0.3, 0.4) is 0 Å². The van der Waals surface area contributed by atoms with Crippen LogP contribution in [0.5, 0.6) is 0 Å². The van der Waals surface area contributed by atoms with E-state index in [1.54, 1.807) is 25.1 Å². The van der Waals surface area contributed by atoms with Gasteiger partial charge < -0.3 is 5.32 Å². The largest absolute Gasteiger partial charge is 0.442 e. The van der Waals surface area contributed by atoms with Crippen molar-refractivity contribution in [2.45, 2.75) is 24.3 Å². The molecule has 27 heavy (non-hydrogen) atoms. The molecule has 2 rings (SSSR count). The number of carbonyl (C=O) groups excluding carboxylic acids is 1. The van der Waals surface area contributed by atoms with E-state index < -0.39 is 39.0 Å². The van der Waals surface area contributed by atoms with Crippen molar-refractivity contribution in [2.75, 3.05) is 15.8 Å². The number of anilines is 2. The second-order valence-corrected chi connectivity index (χ2v) is 8.43. The molecular weight excluding hydrogens is 401 g/mol. The Hall–Kier alpha value is -2.20. The first kappa shape index (κ1) is 21.1. The van der Waals surface area contributed by atoms with Gasteiger partial charge in [0.15, 0.2) is 0 Å². The molecular formula is C17H17F3N2O3S2. The maximum absolute atomic E-state index is 12.7. The first-order chi connectivity index (χ1) is 12.5. The predicted octanol–water partition coefficient (Wildman–Crippen LogP) is 4.30. The Balaban J connectivity index is 2.19. The van der Waals surface area contributed by atoms with Crippen molar-refractivity contribution in [3.8, 4) is 0 Å². The molecule has 0 aliphatic rings. The summed E-state index contributed by atoms with van der Waals surface area (Å²) in [7, 11) is -3.94. The molecule has 0 aliphatic carbocycles. The molecule has 0 saturated carbocycles. The van der Waals surface area contributed by atoms with Crippen molar-refractivity contribution in [1.29, 1.82) is 0 Å². The van der Waals surface area contributed by atoms with Gasteiger partial charge >= 0.3 is 5.51 Å². The first-order valence-electron chi connectivity index (χ1n) is 7.67. The zero-order valence-electron chi connectivity index (χ0n) is 14.4. The number of rotatable bonds is 6. The summed E-state index contributed by atoms with van der Waals surface area (Å²) in [5.74, 6) is -1.70. The molecule has 0 heterocycles. The number of amides is 1. The topological polar surface area (TPSA) is 75.3 Å². The maximum Gasteiger partial charge on any atom is 0.442 e. The summed E-state index contributed by atoms with van der Waals surface area (Å²) >= 11 is -0.466. The van der Waals surface area contributed by atoms with E-state index in [-0.39, 0.29) is 10.6 Å². The highest BCUT2D eigenvalue weighted by Gasteiger charge is 2.29. The Morgan fingerprint density at radius 2 is 1.78 bits per heavy atom. The van der Waals surface area contributed by atoms with Gasteiger partial charge in [-0.25, -0.2) is 8.42 Å². The van der Waals surface area contributed by atoms with Gasteiger partial charge in [0.05, 0.1) is 10.6 Å². The van der Waals surface area contributed by atoms with Crippen molar-refractivity contribution in [2.24, 2.45) is 0 Å². The lowest BCUT2D eigenvalue weighted by Gasteiger charge is -2.13. The van der Waals surface area contributed by atoms with Crippen LogP contribution in [0.15, 0.2) is 47.4 Å². The quantitative estimate of drug-likeness (QED) is 0.734. The lowest BCUT2D eigenvalue weighted by atomic mass is 10.2. The van der Waals surface area contributed by atoms with Gasteiger partial charge in [-0.2, -0.15) is 13.2 Å². The van der Waals surface area contributed by atoms with E-state index in [4.69, 9.17) is 0 Å². The zero-order chi connectivity index (χ0) is 20.2. The molecule has 0 fully saturated rings. The number of aryl methyl sites for hydroxylation is 2. The van der Waals surface area contributed by atoms with Crippen LogP contribution in [0.2, 0.25) is 0 Å². The zero-order valence-corrected chi connectivity index (χ0v) is 16.1. The Morgan fingerprint density at radius 1 is 1.07 bits per heavy atom. The lowest BCUT2D eigenvalue weighted by Crippen LogP contribution is -2.18. The van der Waals surface area contributed by atoms with Crippen molar-refractivity contribution in [1.82, 2.24) is 0 Å². The molecule has 1 amide bonds. The number of halogens is 3. The number of hydrogen-bond acceptors (Lipinski definition) is 4. The van der Waals surface area contributed by atoms with Crippen molar-refractivity contribution in [3.05, 3.63) is 53.6 Å². The molecule has 2 aromatic rings. The third kappa shape index (κ3) is 6.47. The molecule has 2 aromatic carbocycles. The van der Waals surface area contributed by atoms with E-state index >= 15 is 0 Å². The number of benzene rings is 2. The third-order valence-corrected chi connectivity index (χ3v) is 5.66. The van der Waals surface area contributed by atoms with Crippen molar-refractivity contribution >= 4 is 39.1 Å². The molecule has 0 spiro atoms. The normalized spacial score (nSPS) is 11.9. The van der Waals surface area contributed by atoms with E-state index in [9.17, 15) is 26.4 Å². The fraction of sp³-hybridized carbons (Fsp3) is 0.235. The van der Waals surface area contributed by atoms with Gasteiger partial charge in [0.2, 0.25) is 5.91 Å². The monoisotopic (exact) mass is 418 g/mol. The number of sulfonamides is 1. The summed E-state index contributed by atoms with van der Waals surface area (Å²) in [5, 5.41) is 2.28. The highest BCUT2D eigenvalue weighted by atomic mass is 32.2. The van der Waals surface area contributed by atoms with Gasteiger partial charge in [0, 0.05) is 11.4 Å². The van der Waals surface area contributed by atoms with Gasteiger partial charge in [-0.3, -0.25) is 9.52 Å². The standard InChI is InChI=1S/C17H17F3N2O3S2/c1-11-4-3-5-14(8-11)22-27(24,25)15-9-13(7-6-12(15)2)21-16(23)10-26-17(18,19)20/h3-9,22H,10H2,1-2H3,(H,21,23). The van der Waals surface area contributed by atoms with Crippen LogP contribution in [0.4, 0.5) is 24.5 Å². The molecule has 0 saturated heterocycles. The van der Waals surface area contributed by atoms with Crippen LogP contribution in [0.25, 0.3) is 0 Å². The second kappa shape index (κ2) is 8.22. The molecule has 0 unspecified atom stereocenters. The van der Waals surface area contributed by atoms with Crippen LogP contribution in [0, 0.1) is 13.8 Å². The Morgan fingerprint density at radius 3 is 2.41 bits per heavy atom.